The molecule has 1 heterocycles. The number of ether oxygens (including phenoxy) is 1. The summed E-state index contributed by atoms with van der Waals surface area (Å²) in [5.41, 5.74) is 0. The van der Waals surface area contributed by atoms with Gasteiger partial charge in [-0.2, -0.15) is 0 Å². The molecule has 0 aromatic rings. The number of cyclic esters (lactones) is 2. The van der Waals surface area contributed by atoms with Crippen molar-refractivity contribution in [2.24, 2.45) is 0 Å². The molecule has 0 spiro atoms. The summed E-state index contributed by atoms with van der Waals surface area (Å²) in [4.78, 5) is 48.1. The van der Waals surface area contributed by atoms with Crippen molar-refractivity contribution in [3.8, 4) is 0 Å². The second-order valence-corrected chi connectivity index (χ2v) is 5.86. The molecule has 9 heteroatoms. The second-order valence-electron chi connectivity index (χ2n) is 5.86. The van der Waals surface area contributed by atoms with Gasteiger partial charge in [-0.05, 0) is 12.8 Å². The Bertz CT molecular complexity index is 475. The summed E-state index contributed by atoms with van der Waals surface area (Å²) >= 11 is 0. The lowest BCUT2D eigenvalue weighted by Crippen LogP contribution is -2.59. The van der Waals surface area contributed by atoms with E-state index in [1.165, 1.54) is 4.90 Å². The van der Waals surface area contributed by atoms with Crippen LogP contribution in [0, 0.1) is 0 Å². The van der Waals surface area contributed by atoms with E-state index in [0.717, 1.165) is 12.8 Å². The van der Waals surface area contributed by atoms with Crippen molar-refractivity contribution in [3.05, 3.63) is 0 Å². The highest BCUT2D eigenvalue weighted by Gasteiger charge is 2.39. The van der Waals surface area contributed by atoms with Gasteiger partial charge in [-0.15, -0.1) is 0 Å². The normalized spacial score (nSPS) is 26.1. The molecule has 1 saturated heterocycles. The van der Waals surface area contributed by atoms with E-state index < -0.39 is 23.9 Å². The van der Waals surface area contributed by atoms with Gasteiger partial charge in [-0.25, -0.2) is 0 Å². The molecule has 2 aliphatic rings. The number of morpholine rings is 1. The second kappa shape index (κ2) is 7.51. The number of hydrogen-bond acceptors (Lipinski definition) is 7. The number of rotatable bonds is 6. The molecule has 0 radical (unpaired) electrons. The monoisotopic (exact) mass is 328 g/mol. The fraction of sp³-hybridized carbons (Fsp3) is 0.714. The summed E-state index contributed by atoms with van der Waals surface area (Å²) < 4.78 is 4.51. The first-order valence-corrected chi connectivity index (χ1v) is 7.52. The average Bonchev–Trinajstić information content (AvgIpc) is 2.44. The Balaban J connectivity index is 2.17. The maximum atomic E-state index is 11.5. The molecule has 23 heavy (non-hydrogen) atoms. The quantitative estimate of drug-likeness (QED) is 0.474. The molecular weight excluding hydrogens is 308 g/mol. The number of carboxylic acids is 2. The number of hydrogen-bond donors (Lipinski definition) is 2. The van der Waals surface area contributed by atoms with E-state index in [0.29, 0.717) is 12.8 Å². The van der Waals surface area contributed by atoms with Gasteiger partial charge in [-0.1, -0.05) is 12.8 Å². The van der Waals surface area contributed by atoms with Gasteiger partial charge in [0, 0.05) is 12.1 Å². The Labute approximate surface area is 132 Å². The lowest BCUT2D eigenvalue weighted by molar-refractivity contribution is -0.170. The molecule has 0 aromatic carbocycles. The number of nitrogens with zero attached hydrogens (tertiary/aromatic N) is 2. The molecule has 2 N–H and O–H groups in total. The third-order valence-electron chi connectivity index (χ3n) is 4.20. The van der Waals surface area contributed by atoms with Crippen molar-refractivity contribution in [2.45, 2.75) is 37.8 Å². The van der Waals surface area contributed by atoms with E-state index in [4.69, 9.17) is 10.2 Å². The summed E-state index contributed by atoms with van der Waals surface area (Å²) in [7, 11) is 0. The van der Waals surface area contributed by atoms with Crippen LogP contribution in [0.25, 0.3) is 0 Å². The molecular formula is C14H20N2O7. The standard InChI is InChI=1S/C14H20N2O7/c17-11(18)5-15(6-12(19)20)9-3-1-2-4-10(9)16-7-13(21)23-14(22)8-16/h9-10H,1-8H2,(H,17,18)(H,19,20)/t9?,10-/m0/s1. The van der Waals surface area contributed by atoms with Gasteiger partial charge in [0.25, 0.3) is 0 Å². The zero-order valence-electron chi connectivity index (χ0n) is 12.6. The predicted octanol–water partition coefficient (Wildman–Crippen LogP) is -0.846. The van der Waals surface area contributed by atoms with Crippen LogP contribution in [-0.2, 0) is 23.9 Å². The van der Waals surface area contributed by atoms with Crippen molar-refractivity contribution in [1.82, 2.24) is 9.80 Å². The summed E-state index contributed by atoms with van der Waals surface area (Å²) in [5, 5.41) is 18.1. The summed E-state index contributed by atoms with van der Waals surface area (Å²) in [5.74, 6) is -3.48. The van der Waals surface area contributed by atoms with Crippen LogP contribution >= 0.6 is 0 Å². The van der Waals surface area contributed by atoms with Crippen LogP contribution in [0.5, 0.6) is 0 Å². The minimum absolute atomic E-state index is 0.0408. The smallest absolute Gasteiger partial charge is 0.327 e. The van der Waals surface area contributed by atoms with Crippen molar-refractivity contribution in [2.75, 3.05) is 26.2 Å². The predicted molar refractivity (Wildman–Crippen MR) is 75.6 cm³/mol. The summed E-state index contributed by atoms with van der Waals surface area (Å²) in [6.07, 6.45) is 3.05. The SMILES string of the molecule is O=C(O)CN(CC(=O)O)C1CCCC[C@@H]1N1CC(=O)OC(=O)C1. The van der Waals surface area contributed by atoms with Crippen LogP contribution in [0.15, 0.2) is 0 Å². The van der Waals surface area contributed by atoms with Gasteiger partial charge in [0.05, 0.1) is 26.2 Å². The zero-order valence-corrected chi connectivity index (χ0v) is 12.6. The Morgan fingerprint density at radius 3 is 2.09 bits per heavy atom. The lowest BCUT2D eigenvalue weighted by Gasteiger charge is -2.44. The molecule has 1 unspecified atom stereocenters. The van der Waals surface area contributed by atoms with Crippen LogP contribution in [0.4, 0.5) is 0 Å². The average molecular weight is 328 g/mol. The van der Waals surface area contributed by atoms with E-state index in [1.54, 1.807) is 4.90 Å². The first-order chi connectivity index (χ1) is 10.9. The maximum absolute atomic E-state index is 11.5. The highest BCUT2D eigenvalue weighted by Crippen LogP contribution is 2.28. The minimum Gasteiger partial charge on any atom is -0.480 e. The molecule has 2 rings (SSSR count). The molecule has 2 atom stereocenters. The fourth-order valence-corrected chi connectivity index (χ4v) is 3.40. The molecule has 1 aliphatic carbocycles. The third-order valence-corrected chi connectivity index (χ3v) is 4.20. The minimum atomic E-state index is -1.11. The summed E-state index contributed by atoms with van der Waals surface area (Å²) in [6.45, 7) is -0.860. The van der Waals surface area contributed by atoms with E-state index >= 15 is 0 Å². The maximum Gasteiger partial charge on any atom is 0.327 e. The zero-order chi connectivity index (χ0) is 17.0. The molecule has 1 saturated carbocycles. The van der Waals surface area contributed by atoms with Gasteiger partial charge in [-0.3, -0.25) is 29.0 Å². The number of carbonyl (C=O) groups excluding carboxylic acids is 2. The molecule has 0 aromatic heterocycles. The van der Waals surface area contributed by atoms with Crippen LogP contribution in [0.3, 0.4) is 0 Å². The van der Waals surface area contributed by atoms with Gasteiger partial charge in [0.1, 0.15) is 0 Å². The molecule has 128 valence electrons. The first kappa shape index (κ1) is 17.4. The van der Waals surface area contributed by atoms with Crippen molar-refractivity contribution in [1.29, 1.82) is 0 Å². The van der Waals surface area contributed by atoms with E-state index in [-0.39, 0.29) is 38.3 Å². The molecule has 0 bridgehead atoms. The lowest BCUT2D eigenvalue weighted by atomic mass is 9.87. The van der Waals surface area contributed by atoms with Gasteiger partial charge >= 0.3 is 23.9 Å². The van der Waals surface area contributed by atoms with Gasteiger partial charge in [0.2, 0.25) is 0 Å². The van der Waals surface area contributed by atoms with Crippen LogP contribution in [0.1, 0.15) is 25.7 Å². The molecule has 9 nitrogen and oxygen atoms in total. The Hall–Kier alpha value is -2.00. The number of aliphatic carboxylic acids is 2. The van der Waals surface area contributed by atoms with Crippen LogP contribution in [0.2, 0.25) is 0 Å². The van der Waals surface area contributed by atoms with Crippen LogP contribution < -0.4 is 0 Å². The van der Waals surface area contributed by atoms with Gasteiger partial charge < -0.3 is 14.9 Å². The number of carboxylic acid groups (broad SMARTS) is 2. The van der Waals surface area contributed by atoms with E-state index in [1.807, 2.05) is 0 Å². The first-order valence-electron chi connectivity index (χ1n) is 7.52. The molecule has 0 amide bonds. The highest BCUT2D eigenvalue weighted by molar-refractivity contribution is 5.90. The highest BCUT2D eigenvalue weighted by atomic mass is 16.6. The van der Waals surface area contributed by atoms with Gasteiger partial charge in [0.15, 0.2) is 0 Å². The third kappa shape index (κ3) is 4.73. The summed E-state index contributed by atoms with van der Waals surface area (Å²) in [6, 6.07) is -0.561. The van der Waals surface area contributed by atoms with Crippen molar-refractivity contribution >= 4 is 23.9 Å². The fourth-order valence-electron chi connectivity index (χ4n) is 3.40. The van der Waals surface area contributed by atoms with E-state index in [2.05, 4.69) is 4.74 Å². The Morgan fingerprint density at radius 1 is 1.04 bits per heavy atom. The molecule has 2 fully saturated rings. The molecule has 1 aliphatic heterocycles. The van der Waals surface area contributed by atoms with E-state index in [9.17, 15) is 19.2 Å². The largest absolute Gasteiger partial charge is 0.480 e. The topological polar surface area (TPSA) is 124 Å². The van der Waals surface area contributed by atoms with Crippen molar-refractivity contribution < 1.29 is 34.1 Å². The Morgan fingerprint density at radius 2 is 1.57 bits per heavy atom. The number of esters is 2. The van der Waals surface area contributed by atoms with Crippen molar-refractivity contribution in [3.63, 3.8) is 0 Å². The Kier molecular flexibility index (Phi) is 5.67. The van der Waals surface area contributed by atoms with Crippen LogP contribution in [-0.4, -0.2) is 82.2 Å². The number of carbonyl (C=O) groups is 4.